The lowest BCUT2D eigenvalue weighted by molar-refractivity contribution is 0.0603. The summed E-state index contributed by atoms with van der Waals surface area (Å²) in [6, 6.07) is 11.9. The fourth-order valence-electron chi connectivity index (χ4n) is 2.51. The Morgan fingerprint density at radius 2 is 1.79 bits per heavy atom. The molecule has 124 valence electrons. The Bertz CT molecular complexity index is 1010. The summed E-state index contributed by atoms with van der Waals surface area (Å²) in [6.07, 6.45) is 1.26. The van der Waals surface area contributed by atoms with E-state index in [1.807, 2.05) is 0 Å². The van der Waals surface area contributed by atoms with E-state index in [1.165, 1.54) is 37.6 Å². The zero-order valence-electron chi connectivity index (χ0n) is 12.8. The summed E-state index contributed by atoms with van der Waals surface area (Å²) >= 11 is 0. The molecule has 0 unspecified atom stereocenters. The Hall–Kier alpha value is -2.67. The largest absolute Gasteiger partial charge is 0.465 e. The van der Waals surface area contributed by atoms with Crippen molar-refractivity contribution in [3.63, 3.8) is 0 Å². The highest BCUT2D eigenvalue weighted by molar-refractivity contribution is 7.89. The van der Waals surface area contributed by atoms with Gasteiger partial charge in [0.05, 0.1) is 23.9 Å². The van der Waals surface area contributed by atoms with E-state index in [1.54, 1.807) is 24.3 Å². The Morgan fingerprint density at radius 1 is 1.12 bits per heavy atom. The van der Waals surface area contributed by atoms with E-state index in [2.05, 4.69) is 0 Å². The average molecular weight is 347 g/mol. The van der Waals surface area contributed by atoms with Gasteiger partial charge in [-0.1, -0.05) is 30.3 Å². The van der Waals surface area contributed by atoms with Crippen molar-refractivity contribution >= 4 is 26.9 Å². The minimum absolute atomic E-state index is 0.177. The summed E-state index contributed by atoms with van der Waals surface area (Å²) < 4.78 is 44.2. The van der Waals surface area contributed by atoms with Gasteiger partial charge in [0.25, 0.3) is 0 Å². The molecule has 0 aliphatic rings. The van der Waals surface area contributed by atoms with Gasteiger partial charge in [-0.05, 0) is 23.8 Å². The molecule has 3 rings (SSSR count). The zero-order chi connectivity index (χ0) is 17.3. The number of aromatic nitrogens is 1. The van der Waals surface area contributed by atoms with Crippen molar-refractivity contribution in [1.29, 1.82) is 0 Å². The number of hydrogen-bond donors (Lipinski definition) is 0. The van der Waals surface area contributed by atoms with Crippen molar-refractivity contribution in [2.75, 3.05) is 7.11 Å². The highest BCUT2D eigenvalue weighted by atomic mass is 32.2. The topological polar surface area (TPSA) is 65.4 Å². The van der Waals surface area contributed by atoms with E-state index in [4.69, 9.17) is 4.74 Å². The third kappa shape index (κ3) is 2.90. The molecule has 0 amide bonds. The SMILES string of the molecule is COC(=O)c1cn(S(=O)(=O)Cc2ccc(F)cc2)c2ccccc12. The molecule has 3 aromatic rings. The Balaban J connectivity index is 2.10. The van der Waals surface area contributed by atoms with E-state index in [0.717, 1.165) is 3.97 Å². The maximum atomic E-state index is 13.0. The number of para-hydroxylation sites is 1. The monoisotopic (exact) mass is 347 g/mol. The Kier molecular flexibility index (Phi) is 4.11. The number of fused-ring (bicyclic) bond motifs is 1. The minimum Gasteiger partial charge on any atom is -0.465 e. The normalized spacial score (nSPS) is 11.6. The first-order valence-electron chi connectivity index (χ1n) is 7.08. The summed E-state index contributed by atoms with van der Waals surface area (Å²) in [5, 5.41) is 0.493. The van der Waals surface area contributed by atoms with Crippen LogP contribution in [-0.2, 0) is 20.5 Å². The van der Waals surface area contributed by atoms with Crippen LogP contribution in [0.4, 0.5) is 4.39 Å². The summed E-state index contributed by atoms with van der Waals surface area (Å²) in [5.74, 6) is -1.36. The smallest absolute Gasteiger partial charge is 0.340 e. The first kappa shape index (κ1) is 16.2. The van der Waals surface area contributed by atoms with Crippen LogP contribution in [0.25, 0.3) is 10.9 Å². The number of hydrogen-bond acceptors (Lipinski definition) is 4. The fraction of sp³-hybridized carbons (Fsp3) is 0.118. The summed E-state index contributed by atoms with van der Waals surface area (Å²) in [4.78, 5) is 11.9. The fourth-order valence-corrected chi connectivity index (χ4v) is 3.99. The predicted octanol–water partition coefficient (Wildman–Crippen LogP) is 2.95. The molecule has 5 nitrogen and oxygen atoms in total. The minimum atomic E-state index is -3.79. The lowest BCUT2D eigenvalue weighted by atomic mass is 10.2. The van der Waals surface area contributed by atoms with Crippen LogP contribution in [0.3, 0.4) is 0 Å². The van der Waals surface area contributed by atoms with E-state index < -0.39 is 21.8 Å². The van der Waals surface area contributed by atoms with Gasteiger partial charge < -0.3 is 4.74 Å². The number of halogens is 1. The Morgan fingerprint density at radius 3 is 2.46 bits per heavy atom. The molecule has 1 aromatic heterocycles. The number of benzene rings is 2. The van der Waals surface area contributed by atoms with Crippen molar-refractivity contribution in [3.05, 3.63) is 71.7 Å². The van der Waals surface area contributed by atoms with Gasteiger partial charge in [-0.15, -0.1) is 0 Å². The highest BCUT2D eigenvalue weighted by Crippen LogP contribution is 2.25. The molecule has 0 bridgehead atoms. The molecule has 0 aliphatic heterocycles. The summed E-state index contributed by atoms with van der Waals surface area (Å²) in [7, 11) is -2.55. The molecule has 1 heterocycles. The molecular weight excluding hydrogens is 333 g/mol. The van der Waals surface area contributed by atoms with Gasteiger partial charge in [0.15, 0.2) is 0 Å². The molecule has 0 radical (unpaired) electrons. The standard InChI is InChI=1S/C17H14FNO4S/c1-23-17(20)15-10-19(16-5-3-2-4-14(15)16)24(21,22)11-12-6-8-13(18)9-7-12/h2-10H,11H2,1H3. The first-order chi connectivity index (χ1) is 11.4. The molecule has 0 atom stereocenters. The number of carbonyl (C=O) groups is 1. The molecule has 7 heteroatoms. The number of methoxy groups -OCH3 is 1. The van der Waals surface area contributed by atoms with Crippen molar-refractivity contribution < 1.29 is 22.3 Å². The van der Waals surface area contributed by atoms with Crippen LogP contribution in [0.5, 0.6) is 0 Å². The van der Waals surface area contributed by atoms with E-state index in [9.17, 15) is 17.6 Å². The van der Waals surface area contributed by atoms with Gasteiger partial charge >= 0.3 is 5.97 Å². The maximum absolute atomic E-state index is 13.0. The van der Waals surface area contributed by atoms with Crippen molar-refractivity contribution in [1.82, 2.24) is 3.97 Å². The van der Waals surface area contributed by atoms with Crippen LogP contribution >= 0.6 is 0 Å². The summed E-state index contributed by atoms with van der Waals surface area (Å²) in [5.41, 5.74) is 1.02. The number of rotatable bonds is 4. The van der Waals surface area contributed by atoms with Crippen LogP contribution < -0.4 is 0 Å². The van der Waals surface area contributed by atoms with Gasteiger partial charge in [-0.2, -0.15) is 0 Å². The van der Waals surface area contributed by atoms with Crippen LogP contribution in [0.2, 0.25) is 0 Å². The number of ether oxygens (including phenoxy) is 1. The molecule has 24 heavy (non-hydrogen) atoms. The molecule has 0 saturated heterocycles. The number of esters is 1. The van der Waals surface area contributed by atoms with Crippen molar-refractivity contribution in [3.8, 4) is 0 Å². The van der Waals surface area contributed by atoms with Gasteiger partial charge in [-0.3, -0.25) is 0 Å². The van der Waals surface area contributed by atoms with Gasteiger partial charge in [0.2, 0.25) is 10.0 Å². The van der Waals surface area contributed by atoms with Crippen LogP contribution in [0.1, 0.15) is 15.9 Å². The van der Waals surface area contributed by atoms with E-state index >= 15 is 0 Å². The second kappa shape index (κ2) is 6.09. The maximum Gasteiger partial charge on any atom is 0.340 e. The lowest BCUT2D eigenvalue weighted by Crippen LogP contribution is -2.14. The first-order valence-corrected chi connectivity index (χ1v) is 8.69. The van der Waals surface area contributed by atoms with E-state index in [-0.39, 0.29) is 11.3 Å². The molecule has 0 N–H and O–H groups in total. The molecule has 2 aromatic carbocycles. The Labute approximate surface area is 138 Å². The quantitative estimate of drug-likeness (QED) is 0.681. The molecular formula is C17H14FNO4S. The highest BCUT2D eigenvalue weighted by Gasteiger charge is 2.22. The van der Waals surface area contributed by atoms with Gasteiger partial charge in [0.1, 0.15) is 5.82 Å². The third-order valence-electron chi connectivity index (χ3n) is 3.65. The second-order valence-corrected chi connectivity index (χ2v) is 7.08. The average Bonchev–Trinajstić information content (AvgIpc) is 2.97. The van der Waals surface area contributed by atoms with Gasteiger partial charge in [0, 0.05) is 11.6 Å². The van der Waals surface area contributed by atoms with Gasteiger partial charge in [-0.25, -0.2) is 21.6 Å². The predicted molar refractivity (Wildman–Crippen MR) is 87.7 cm³/mol. The van der Waals surface area contributed by atoms with Crippen LogP contribution in [0.15, 0.2) is 54.7 Å². The molecule has 0 aliphatic carbocycles. The van der Waals surface area contributed by atoms with Crippen LogP contribution in [0, 0.1) is 5.82 Å². The number of nitrogens with zero attached hydrogens (tertiary/aromatic N) is 1. The van der Waals surface area contributed by atoms with E-state index in [0.29, 0.717) is 16.5 Å². The second-order valence-electron chi connectivity index (χ2n) is 5.23. The molecule has 0 fully saturated rings. The lowest BCUT2D eigenvalue weighted by Gasteiger charge is -2.07. The zero-order valence-corrected chi connectivity index (χ0v) is 13.6. The van der Waals surface area contributed by atoms with Crippen LogP contribution in [-0.4, -0.2) is 25.5 Å². The molecule has 0 spiro atoms. The van der Waals surface area contributed by atoms with Crippen molar-refractivity contribution in [2.24, 2.45) is 0 Å². The molecule has 0 saturated carbocycles. The number of carbonyl (C=O) groups excluding carboxylic acids is 1. The third-order valence-corrected chi connectivity index (χ3v) is 5.24. The van der Waals surface area contributed by atoms with Crippen molar-refractivity contribution in [2.45, 2.75) is 5.75 Å². The summed E-state index contributed by atoms with van der Waals surface area (Å²) in [6.45, 7) is 0.